The molecule has 5 atom stereocenters. The van der Waals surface area contributed by atoms with Gasteiger partial charge in [0.2, 0.25) is 14.3 Å². The van der Waals surface area contributed by atoms with E-state index in [4.69, 9.17) is 4.74 Å². The SMILES string of the molecule is CC(C)=CCC/C(C)=C/CN1C(=O)[C@@]2(O[C@@H](CC(=O)N3CCC[C@H]3CO)[C@H]([Si](C)(C)F)[C@H]2C)c2cc([N+](=O)[O-])ccc21. The zero-order valence-corrected chi connectivity index (χ0v) is 26.6. The van der Waals surface area contributed by atoms with E-state index < -0.39 is 36.5 Å². The monoisotopic (exact) mass is 601 g/mol. The third-order valence-corrected chi connectivity index (χ3v) is 11.6. The number of likely N-dealkylation sites (tertiary alicyclic amines) is 1. The van der Waals surface area contributed by atoms with Gasteiger partial charge in [-0.15, -0.1) is 0 Å². The number of non-ortho nitro benzene ring substituents is 1. The summed E-state index contributed by atoms with van der Waals surface area (Å²) in [5.74, 6) is -1.28. The molecule has 1 aromatic rings. The van der Waals surface area contributed by atoms with Crippen molar-refractivity contribution >= 4 is 31.6 Å². The van der Waals surface area contributed by atoms with Crippen molar-refractivity contribution in [3.8, 4) is 0 Å². The van der Waals surface area contributed by atoms with Crippen LogP contribution in [0, 0.1) is 16.0 Å². The fourth-order valence-electron chi connectivity index (χ4n) is 7.11. The maximum absolute atomic E-state index is 16.1. The van der Waals surface area contributed by atoms with Crippen molar-refractivity contribution in [2.75, 3.05) is 24.6 Å². The summed E-state index contributed by atoms with van der Waals surface area (Å²) in [6, 6.07) is 4.05. The highest BCUT2D eigenvalue weighted by atomic mass is 28.4. The van der Waals surface area contributed by atoms with Crippen molar-refractivity contribution in [1.82, 2.24) is 4.90 Å². The number of rotatable bonds is 10. The molecule has 9 nitrogen and oxygen atoms in total. The van der Waals surface area contributed by atoms with Crippen LogP contribution in [-0.2, 0) is 19.9 Å². The predicted molar refractivity (Wildman–Crippen MR) is 162 cm³/mol. The summed E-state index contributed by atoms with van der Waals surface area (Å²) in [5.41, 5.74) is 0.691. The van der Waals surface area contributed by atoms with Crippen LogP contribution in [-0.4, -0.2) is 67.0 Å². The first-order valence-electron chi connectivity index (χ1n) is 14.9. The average molecular weight is 602 g/mol. The molecular weight excluding hydrogens is 557 g/mol. The molecule has 3 heterocycles. The van der Waals surface area contributed by atoms with Crippen molar-refractivity contribution in [3.05, 3.63) is 57.2 Å². The number of carbonyl (C=O) groups excluding carboxylic acids is 2. The Hall–Kier alpha value is -2.89. The largest absolute Gasteiger partial charge is 0.394 e. The molecule has 0 aromatic heterocycles. The Labute approximate surface area is 248 Å². The van der Waals surface area contributed by atoms with Crippen LogP contribution in [0.2, 0.25) is 18.6 Å². The van der Waals surface area contributed by atoms with E-state index >= 15 is 4.11 Å². The van der Waals surface area contributed by atoms with E-state index in [2.05, 4.69) is 6.08 Å². The summed E-state index contributed by atoms with van der Waals surface area (Å²) in [5, 5.41) is 21.5. The van der Waals surface area contributed by atoms with Crippen LogP contribution in [0.3, 0.4) is 0 Å². The van der Waals surface area contributed by atoms with Crippen LogP contribution in [0.1, 0.15) is 65.4 Å². The Morgan fingerprint density at radius 2 is 2.00 bits per heavy atom. The number of allylic oxidation sites excluding steroid dienone is 3. The number of carbonyl (C=O) groups is 2. The van der Waals surface area contributed by atoms with Crippen LogP contribution >= 0.6 is 0 Å². The molecule has 1 N–H and O–H groups in total. The maximum atomic E-state index is 16.1. The Morgan fingerprint density at radius 1 is 1.29 bits per heavy atom. The molecule has 1 aromatic carbocycles. The molecule has 2 amide bonds. The van der Waals surface area contributed by atoms with Gasteiger partial charge in [-0.05, 0) is 65.6 Å². The number of benzene rings is 1. The highest BCUT2D eigenvalue weighted by molar-refractivity contribution is 6.72. The molecule has 0 bridgehead atoms. The topological polar surface area (TPSA) is 113 Å². The molecule has 0 radical (unpaired) electrons. The minimum atomic E-state index is -3.51. The molecular formula is C31H44FN3O6Si. The number of hydrogen-bond donors (Lipinski definition) is 1. The number of halogens is 1. The fraction of sp³-hybridized carbons (Fsp3) is 0.613. The lowest BCUT2D eigenvalue weighted by molar-refractivity contribution is -0.385. The first-order chi connectivity index (χ1) is 19.7. The van der Waals surface area contributed by atoms with Gasteiger partial charge >= 0.3 is 0 Å². The highest BCUT2D eigenvalue weighted by Gasteiger charge is 2.67. The second-order valence-electron chi connectivity index (χ2n) is 12.8. The van der Waals surface area contributed by atoms with Gasteiger partial charge in [0.15, 0.2) is 5.60 Å². The molecule has 3 aliphatic heterocycles. The number of nitrogens with zero attached hydrogens (tertiary/aromatic N) is 3. The van der Waals surface area contributed by atoms with Crippen LogP contribution in [0.5, 0.6) is 0 Å². The number of fused-ring (bicyclic) bond motifs is 2. The smallest absolute Gasteiger partial charge is 0.269 e. The normalized spacial score (nSPS) is 27.6. The molecule has 42 heavy (non-hydrogen) atoms. The van der Waals surface area contributed by atoms with E-state index in [0.29, 0.717) is 24.2 Å². The van der Waals surface area contributed by atoms with Gasteiger partial charge in [-0.2, -0.15) is 0 Å². The molecule has 1 spiro atoms. The summed E-state index contributed by atoms with van der Waals surface area (Å²) < 4.78 is 22.7. The summed E-state index contributed by atoms with van der Waals surface area (Å²) in [4.78, 5) is 42.3. The van der Waals surface area contributed by atoms with Crippen LogP contribution in [0.4, 0.5) is 15.5 Å². The third-order valence-electron chi connectivity index (χ3n) is 9.15. The first-order valence-corrected chi connectivity index (χ1v) is 17.8. The van der Waals surface area contributed by atoms with E-state index in [1.165, 1.54) is 17.7 Å². The van der Waals surface area contributed by atoms with Crippen LogP contribution in [0.15, 0.2) is 41.5 Å². The first kappa shape index (κ1) is 32.0. The molecule has 3 aliphatic rings. The van der Waals surface area contributed by atoms with E-state index in [1.54, 1.807) is 35.9 Å². The number of amides is 2. The van der Waals surface area contributed by atoms with Gasteiger partial charge in [0.05, 0.1) is 35.8 Å². The van der Waals surface area contributed by atoms with Crippen LogP contribution in [0.25, 0.3) is 0 Å². The van der Waals surface area contributed by atoms with Crippen molar-refractivity contribution in [2.45, 2.75) is 96.2 Å². The number of hydrogen-bond acceptors (Lipinski definition) is 6. The highest BCUT2D eigenvalue weighted by Crippen LogP contribution is 2.60. The Kier molecular flexibility index (Phi) is 9.44. The summed E-state index contributed by atoms with van der Waals surface area (Å²) in [6.07, 6.45) is 6.34. The van der Waals surface area contributed by atoms with Crippen molar-refractivity contribution < 1.29 is 28.5 Å². The second kappa shape index (κ2) is 12.4. The lowest BCUT2D eigenvalue weighted by Gasteiger charge is -2.31. The lowest BCUT2D eigenvalue weighted by Crippen LogP contribution is -2.45. The zero-order valence-electron chi connectivity index (χ0n) is 25.6. The molecule has 230 valence electrons. The quantitative estimate of drug-likeness (QED) is 0.120. The molecule has 2 fully saturated rings. The zero-order chi connectivity index (χ0) is 31.0. The van der Waals surface area contributed by atoms with Gasteiger partial charge in [-0.1, -0.05) is 30.2 Å². The second-order valence-corrected chi connectivity index (χ2v) is 16.6. The molecule has 0 saturated carbocycles. The van der Waals surface area contributed by atoms with Gasteiger partial charge in [0.25, 0.3) is 11.6 Å². The predicted octanol–water partition coefficient (Wildman–Crippen LogP) is 5.78. The van der Waals surface area contributed by atoms with Crippen molar-refractivity contribution in [1.29, 1.82) is 0 Å². The Balaban J connectivity index is 1.73. The number of aliphatic hydroxyl groups excluding tert-OH is 1. The minimum Gasteiger partial charge on any atom is -0.394 e. The number of ether oxygens (including phenoxy) is 1. The Morgan fingerprint density at radius 3 is 2.62 bits per heavy atom. The minimum absolute atomic E-state index is 0.117. The summed E-state index contributed by atoms with van der Waals surface area (Å²) in [7, 11) is -3.51. The van der Waals surface area contributed by atoms with Gasteiger partial charge in [0.1, 0.15) is 0 Å². The third kappa shape index (κ3) is 5.96. The number of nitro benzene ring substituents is 1. The molecule has 0 aliphatic carbocycles. The molecule has 4 rings (SSSR count). The average Bonchev–Trinajstić information content (AvgIpc) is 3.56. The van der Waals surface area contributed by atoms with Crippen molar-refractivity contribution in [2.24, 2.45) is 5.92 Å². The molecule has 0 unspecified atom stereocenters. The van der Waals surface area contributed by atoms with Crippen molar-refractivity contribution in [3.63, 3.8) is 0 Å². The van der Waals surface area contributed by atoms with E-state index in [1.807, 2.05) is 26.8 Å². The van der Waals surface area contributed by atoms with Crippen LogP contribution < -0.4 is 4.90 Å². The van der Waals surface area contributed by atoms with E-state index in [0.717, 1.165) is 24.8 Å². The Bertz CT molecular complexity index is 1290. The fourth-order valence-corrected chi connectivity index (χ4v) is 9.60. The van der Waals surface area contributed by atoms with Gasteiger partial charge < -0.3 is 23.8 Å². The lowest BCUT2D eigenvalue weighted by atomic mass is 9.82. The molecule has 2 saturated heterocycles. The maximum Gasteiger partial charge on any atom is 0.269 e. The standard InChI is InChI=1S/C31H44FN3O6Si/c1-20(2)9-7-10-21(3)14-16-34-26-13-12-23(35(39)40)17-25(26)31(30(34)38)22(4)29(42(5,6)32)27(41-31)18-28(37)33-15-8-11-24(33)19-36/h9,12-14,17,22,24,27,29,36H,7-8,10-11,15-16,18-19H2,1-6H3/b21-14+/t22-,24+,27+,29-,31+/m1/s1. The summed E-state index contributed by atoms with van der Waals surface area (Å²) in [6.45, 7) is 11.6. The molecule has 11 heteroatoms. The van der Waals surface area contributed by atoms with E-state index in [-0.39, 0.29) is 43.1 Å². The van der Waals surface area contributed by atoms with Gasteiger partial charge in [-0.25, -0.2) is 0 Å². The van der Waals surface area contributed by atoms with Gasteiger partial charge in [-0.3, -0.25) is 19.7 Å². The van der Waals surface area contributed by atoms with Gasteiger partial charge in [0, 0.05) is 42.2 Å². The summed E-state index contributed by atoms with van der Waals surface area (Å²) >= 11 is 0. The van der Waals surface area contributed by atoms with E-state index in [9.17, 15) is 24.8 Å². The number of anilines is 1. The number of aliphatic hydroxyl groups is 1. The number of nitro groups is 1.